The average Bonchev–Trinajstić information content (AvgIpc) is 2.76. The maximum atomic E-state index is 5.36. The Morgan fingerprint density at radius 2 is 2.35 bits per heavy atom. The number of terminal acetylenes is 1. The summed E-state index contributed by atoms with van der Waals surface area (Å²) in [4.78, 5) is 4.19. The second kappa shape index (κ2) is 4.88. The molecule has 1 atom stereocenters. The lowest BCUT2D eigenvalue weighted by atomic mass is 10.1. The van der Waals surface area contributed by atoms with Crippen LogP contribution in [0.1, 0.15) is 25.3 Å². The molecule has 0 radical (unpaired) electrons. The molecule has 0 aliphatic carbocycles. The number of pyridine rings is 1. The van der Waals surface area contributed by atoms with Crippen molar-refractivity contribution in [2.75, 3.05) is 5.32 Å². The second-order valence-corrected chi connectivity index (χ2v) is 4.11. The molecule has 2 heterocycles. The molecule has 17 heavy (non-hydrogen) atoms. The van der Waals surface area contributed by atoms with Crippen LogP contribution in [-0.4, -0.2) is 20.6 Å². The molecule has 0 aromatic carbocycles. The fraction of sp³-hybridized carbons (Fsp3) is 0.385. The third kappa shape index (κ3) is 2.39. The zero-order valence-corrected chi connectivity index (χ0v) is 10.1. The van der Waals surface area contributed by atoms with Crippen molar-refractivity contribution < 1.29 is 0 Å². The van der Waals surface area contributed by atoms with Gasteiger partial charge in [-0.1, -0.05) is 6.92 Å². The molecule has 1 unspecified atom stereocenters. The third-order valence-corrected chi connectivity index (χ3v) is 2.73. The number of rotatable bonds is 4. The van der Waals surface area contributed by atoms with Crippen LogP contribution in [0.3, 0.4) is 0 Å². The summed E-state index contributed by atoms with van der Waals surface area (Å²) in [6.07, 6.45) is 8.60. The van der Waals surface area contributed by atoms with Gasteiger partial charge in [0.05, 0.1) is 0 Å². The van der Waals surface area contributed by atoms with Gasteiger partial charge in [-0.15, -0.1) is 12.3 Å². The predicted octanol–water partition coefficient (Wildman–Crippen LogP) is 2.25. The fourth-order valence-corrected chi connectivity index (χ4v) is 1.81. The summed E-state index contributed by atoms with van der Waals surface area (Å²) in [7, 11) is 0. The molecule has 1 N–H and O–H groups in total. The molecule has 0 spiro atoms. The van der Waals surface area contributed by atoms with Crippen molar-refractivity contribution >= 4 is 11.5 Å². The molecule has 0 fully saturated rings. The first kappa shape index (κ1) is 11.5. The highest BCUT2D eigenvalue weighted by Gasteiger charge is 2.08. The molecule has 4 nitrogen and oxygen atoms in total. The van der Waals surface area contributed by atoms with Gasteiger partial charge in [0.25, 0.3) is 0 Å². The second-order valence-electron chi connectivity index (χ2n) is 4.11. The number of hydrogen-bond acceptors (Lipinski definition) is 3. The van der Waals surface area contributed by atoms with Crippen LogP contribution in [0.4, 0.5) is 5.82 Å². The summed E-state index contributed by atoms with van der Waals surface area (Å²) in [5.74, 6) is 3.63. The molecule has 4 heteroatoms. The van der Waals surface area contributed by atoms with Crippen LogP contribution in [-0.2, 0) is 0 Å². The Hall–Kier alpha value is -2.02. The summed E-state index contributed by atoms with van der Waals surface area (Å²) in [6.45, 7) is 4.16. The van der Waals surface area contributed by atoms with Crippen molar-refractivity contribution in [3.63, 3.8) is 0 Å². The standard InChI is InChI=1S/C13H16N4/c1-4-6-11(5-2)16-13-8-10(3)7-12-14-9-15-17(12)13/h1,7-9,11,16H,5-6H2,2-3H3. The van der Waals surface area contributed by atoms with E-state index in [1.165, 1.54) is 0 Å². The van der Waals surface area contributed by atoms with E-state index in [-0.39, 0.29) is 6.04 Å². The predicted molar refractivity (Wildman–Crippen MR) is 68.9 cm³/mol. The van der Waals surface area contributed by atoms with Crippen LogP contribution in [0, 0.1) is 19.3 Å². The summed E-state index contributed by atoms with van der Waals surface area (Å²) >= 11 is 0. The molecular formula is C13H16N4. The molecule has 0 bridgehead atoms. The van der Waals surface area contributed by atoms with E-state index >= 15 is 0 Å². The first-order chi connectivity index (χ1) is 8.24. The Balaban J connectivity index is 2.34. The lowest BCUT2D eigenvalue weighted by Gasteiger charge is -2.16. The molecule has 88 valence electrons. The van der Waals surface area contributed by atoms with E-state index < -0.39 is 0 Å². The summed E-state index contributed by atoms with van der Waals surface area (Å²) < 4.78 is 1.80. The van der Waals surface area contributed by atoms with Crippen molar-refractivity contribution in [1.29, 1.82) is 0 Å². The van der Waals surface area contributed by atoms with Gasteiger partial charge in [0, 0.05) is 12.5 Å². The minimum Gasteiger partial charge on any atom is -0.366 e. The normalized spacial score (nSPS) is 12.3. The van der Waals surface area contributed by atoms with Gasteiger partial charge < -0.3 is 5.32 Å². The number of anilines is 1. The summed E-state index contributed by atoms with van der Waals surface area (Å²) in [5.41, 5.74) is 2.01. The number of nitrogens with one attached hydrogen (secondary N) is 1. The Morgan fingerprint density at radius 1 is 1.53 bits per heavy atom. The number of nitrogens with zero attached hydrogens (tertiary/aromatic N) is 3. The van der Waals surface area contributed by atoms with Gasteiger partial charge in [0.2, 0.25) is 0 Å². The minimum absolute atomic E-state index is 0.272. The van der Waals surface area contributed by atoms with Gasteiger partial charge in [0.15, 0.2) is 5.65 Å². The van der Waals surface area contributed by atoms with E-state index in [0.29, 0.717) is 6.42 Å². The average molecular weight is 228 g/mol. The Kier molecular flexibility index (Phi) is 3.29. The van der Waals surface area contributed by atoms with E-state index in [9.17, 15) is 0 Å². The van der Waals surface area contributed by atoms with Gasteiger partial charge >= 0.3 is 0 Å². The first-order valence-corrected chi connectivity index (χ1v) is 5.75. The SMILES string of the molecule is C#CCC(CC)Nc1cc(C)cc2ncnn12. The number of fused-ring (bicyclic) bond motifs is 1. The van der Waals surface area contributed by atoms with Crippen molar-refractivity contribution in [2.45, 2.75) is 32.7 Å². The van der Waals surface area contributed by atoms with Crippen molar-refractivity contribution in [3.8, 4) is 12.3 Å². The van der Waals surface area contributed by atoms with Crippen molar-refractivity contribution in [1.82, 2.24) is 14.6 Å². The highest BCUT2D eigenvalue weighted by Crippen LogP contribution is 2.15. The van der Waals surface area contributed by atoms with Gasteiger partial charge in [0.1, 0.15) is 12.1 Å². The number of aryl methyl sites for hydroxylation is 1. The molecule has 0 saturated heterocycles. The molecule has 0 aliphatic rings. The van der Waals surface area contributed by atoms with E-state index in [0.717, 1.165) is 23.4 Å². The molecule has 0 aliphatic heterocycles. The Morgan fingerprint density at radius 3 is 3.06 bits per heavy atom. The van der Waals surface area contributed by atoms with E-state index in [1.54, 1.807) is 10.8 Å². The smallest absolute Gasteiger partial charge is 0.157 e. The molecular weight excluding hydrogens is 212 g/mol. The van der Waals surface area contributed by atoms with Gasteiger partial charge in [-0.3, -0.25) is 0 Å². The summed E-state index contributed by atoms with van der Waals surface area (Å²) in [5, 5.41) is 7.62. The maximum Gasteiger partial charge on any atom is 0.157 e. The first-order valence-electron chi connectivity index (χ1n) is 5.75. The zero-order chi connectivity index (χ0) is 12.3. The van der Waals surface area contributed by atoms with Crippen LogP contribution in [0.25, 0.3) is 5.65 Å². The van der Waals surface area contributed by atoms with E-state index in [1.807, 2.05) is 13.0 Å². The summed E-state index contributed by atoms with van der Waals surface area (Å²) in [6, 6.07) is 4.33. The fourth-order valence-electron chi connectivity index (χ4n) is 1.81. The topological polar surface area (TPSA) is 42.2 Å². The molecule has 0 amide bonds. The van der Waals surface area contributed by atoms with E-state index in [4.69, 9.17) is 6.42 Å². The maximum absolute atomic E-state index is 5.36. The van der Waals surface area contributed by atoms with E-state index in [2.05, 4.69) is 34.3 Å². The van der Waals surface area contributed by atoms with Crippen LogP contribution < -0.4 is 5.32 Å². The van der Waals surface area contributed by atoms with Gasteiger partial charge in [-0.25, -0.2) is 4.98 Å². The monoisotopic (exact) mass is 228 g/mol. The highest BCUT2D eigenvalue weighted by molar-refractivity contribution is 5.51. The third-order valence-electron chi connectivity index (χ3n) is 2.73. The largest absolute Gasteiger partial charge is 0.366 e. The van der Waals surface area contributed by atoms with Crippen molar-refractivity contribution in [2.24, 2.45) is 0 Å². The van der Waals surface area contributed by atoms with Crippen LogP contribution in [0.15, 0.2) is 18.5 Å². The van der Waals surface area contributed by atoms with Crippen molar-refractivity contribution in [3.05, 3.63) is 24.0 Å². The van der Waals surface area contributed by atoms with Gasteiger partial charge in [-0.2, -0.15) is 9.61 Å². The van der Waals surface area contributed by atoms with Crippen LogP contribution in [0.5, 0.6) is 0 Å². The molecule has 2 aromatic rings. The van der Waals surface area contributed by atoms with Crippen LogP contribution in [0.2, 0.25) is 0 Å². The Bertz CT molecular complexity index is 550. The number of hydrogen-bond donors (Lipinski definition) is 1. The molecule has 2 aromatic heterocycles. The molecule has 0 saturated carbocycles. The lowest BCUT2D eigenvalue weighted by molar-refractivity contribution is 0.705. The zero-order valence-electron chi connectivity index (χ0n) is 10.1. The lowest BCUT2D eigenvalue weighted by Crippen LogP contribution is -2.19. The molecule has 2 rings (SSSR count). The Labute approximate surface area is 101 Å². The van der Waals surface area contributed by atoms with Crippen LogP contribution >= 0.6 is 0 Å². The quantitative estimate of drug-likeness (QED) is 0.816. The minimum atomic E-state index is 0.272. The van der Waals surface area contributed by atoms with Gasteiger partial charge in [-0.05, 0) is 31.0 Å². The highest BCUT2D eigenvalue weighted by atomic mass is 15.3. The number of aromatic nitrogens is 3.